The lowest BCUT2D eigenvalue weighted by Gasteiger charge is -2.26. The van der Waals surface area contributed by atoms with Gasteiger partial charge in [0.2, 0.25) is 15.9 Å². The van der Waals surface area contributed by atoms with E-state index in [2.05, 4.69) is 10.2 Å². The lowest BCUT2D eigenvalue weighted by Crippen LogP contribution is -2.40. The normalized spacial score (nSPS) is 20.3. The van der Waals surface area contributed by atoms with Gasteiger partial charge in [-0.2, -0.15) is 4.31 Å². The van der Waals surface area contributed by atoms with Gasteiger partial charge in [-0.1, -0.05) is 25.3 Å². The maximum absolute atomic E-state index is 12.9. The van der Waals surface area contributed by atoms with E-state index in [9.17, 15) is 13.2 Å². The van der Waals surface area contributed by atoms with Crippen molar-refractivity contribution in [2.75, 3.05) is 51.3 Å². The minimum absolute atomic E-state index is 0.0930. The first-order valence-corrected chi connectivity index (χ1v) is 11.6. The Morgan fingerprint density at radius 3 is 2.36 bits per heavy atom. The summed E-state index contributed by atoms with van der Waals surface area (Å²) in [5.74, 6) is -0.0930. The summed E-state index contributed by atoms with van der Waals surface area (Å²) in [6.45, 7) is 5.63. The van der Waals surface area contributed by atoms with Crippen LogP contribution >= 0.6 is 0 Å². The van der Waals surface area contributed by atoms with E-state index in [4.69, 9.17) is 4.74 Å². The fraction of sp³-hybridized carbons (Fsp3) is 0.650. The fourth-order valence-electron chi connectivity index (χ4n) is 3.70. The summed E-state index contributed by atoms with van der Waals surface area (Å²) < 4.78 is 32.4. The third-order valence-electron chi connectivity index (χ3n) is 5.41. The zero-order valence-electron chi connectivity index (χ0n) is 16.7. The van der Waals surface area contributed by atoms with Crippen molar-refractivity contribution in [3.05, 3.63) is 23.8 Å². The van der Waals surface area contributed by atoms with Crippen molar-refractivity contribution in [3.8, 4) is 0 Å². The van der Waals surface area contributed by atoms with Crippen LogP contribution in [0.5, 0.6) is 0 Å². The van der Waals surface area contributed by atoms with Gasteiger partial charge in [-0.3, -0.25) is 9.69 Å². The first-order valence-electron chi connectivity index (χ1n) is 10.2. The van der Waals surface area contributed by atoms with Crippen LogP contribution in [0.3, 0.4) is 0 Å². The fourth-order valence-corrected chi connectivity index (χ4v) is 5.13. The Morgan fingerprint density at radius 2 is 1.68 bits per heavy atom. The van der Waals surface area contributed by atoms with Gasteiger partial charge in [0.1, 0.15) is 0 Å². The molecule has 0 aliphatic carbocycles. The molecule has 1 aromatic rings. The average Bonchev–Trinajstić information content (AvgIpc) is 2.66. The number of nitrogens with zero attached hydrogens (tertiary/aromatic N) is 2. The number of amides is 1. The highest BCUT2D eigenvalue weighted by atomic mass is 32.2. The molecule has 0 atom stereocenters. The number of sulfonamides is 1. The SMILES string of the molecule is Cc1ccc(S(=O)(=O)N2CCOCC2)cc1NC(=O)CN1CCCCCCC1. The minimum atomic E-state index is -3.58. The van der Waals surface area contributed by atoms with Gasteiger partial charge in [0.25, 0.3) is 0 Å². The van der Waals surface area contributed by atoms with E-state index < -0.39 is 10.0 Å². The maximum atomic E-state index is 12.9. The predicted octanol–water partition coefficient (Wildman–Crippen LogP) is 2.22. The average molecular weight is 410 g/mol. The van der Waals surface area contributed by atoms with E-state index in [1.54, 1.807) is 18.2 Å². The number of nitrogens with one attached hydrogen (secondary N) is 1. The van der Waals surface area contributed by atoms with Gasteiger partial charge in [0.05, 0.1) is 24.7 Å². The van der Waals surface area contributed by atoms with Gasteiger partial charge in [-0.25, -0.2) is 8.42 Å². The molecule has 0 bridgehead atoms. The second kappa shape index (κ2) is 9.82. The second-order valence-electron chi connectivity index (χ2n) is 7.59. The Labute approximate surface area is 168 Å². The van der Waals surface area contributed by atoms with E-state index in [0.29, 0.717) is 38.5 Å². The summed E-state index contributed by atoms with van der Waals surface area (Å²) in [5, 5.41) is 2.92. The number of carbonyl (C=O) groups excluding carboxylic acids is 1. The standard InChI is InChI=1S/C20H31N3O4S/c1-17-7-8-18(28(25,26)23-11-13-27-14-12-23)15-19(17)21-20(24)16-22-9-5-3-2-4-6-10-22/h7-8,15H,2-6,9-14,16H2,1H3,(H,21,24). The Morgan fingerprint density at radius 1 is 1.04 bits per heavy atom. The second-order valence-corrected chi connectivity index (χ2v) is 9.52. The molecule has 1 N–H and O–H groups in total. The molecule has 2 saturated heterocycles. The number of ether oxygens (including phenoxy) is 1. The predicted molar refractivity (Wildman–Crippen MR) is 109 cm³/mol. The van der Waals surface area contributed by atoms with Gasteiger partial charge < -0.3 is 10.1 Å². The molecule has 0 unspecified atom stereocenters. The highest BCUT2D eigenvalue weighted by Gasteiger charge is 2.27. The molecule has 1 aromatic carbocycles. The van der Waals surface area contributed by atoms with Crippen LogP contribution in [0, 0.1) is 6.92 Å². The number of hydrogen-bond donors (Lipinski definition) is 1. The number of rotatable bonds is 5. The lowest BCUT2D eigenvalue weighted by molar-refractivity contribution is -0.117. The van der Waals surface area contributed by atoms with E-state index in [-0.39, 0.29) is 10.8 Å². The van der Waals surface area contributed by atoms with Gasteiger partial charge in [-0.15, -0.1) is 0 Å². The van der Waals surface area contributed by atoms with Crippen molar-refractivity contribution < 1.29 is 17.9 Å². The molecule has 28 heavy (non-hydrogen) atoms. The number of anilines is 1. The molecular formula is C20H31N3O4S. The van der Waals surface area contributed by atoms with Crippen molar-refractivity contribution in [1.82, 2.24) is 9.21 Å². The van der Waals surface area contributed by atoms with E-state index in [1.807, 2.05) is 6.92 Å². The molecule has 2 aliphatic heterocycles. The molecule has 2 aliphatic rings. The van der Waals surface area contributed by atoms with Crippen molar-refractivity contribution in [2.24, 2.45) is 0 Å². The van der Waals surface area contributed by atoms with Crippen LogP contribution in [0.25, 0.3) is 0 Å². The first-order chi connectivity index (χ1) is 13.5. The maximum Gasteiger partial charge on any atom is 0.243 e. The summed E-state index contributed by atoms with van der Waals surface area (Å²) in [7, 11) is -3.58. The van der Waals surface area contributed by atoms with Gasteiger partial charge >= 0.3 is 0 Å². The molecular weight excluding hydrogens is 378 g/mol. The van der Waals surface area contributed by atoms with Crippen molar-refractivity contribution in [1.29, 1.82) is 0 Å². The zero-order valence-corrected chi connectivity index (χ0v) is 17.5. The van der Waals surface area contributed by atoms with Crippen LogP contribution in [-0.4, -0.2) is 69.5 Å². The van der Waals surface area contributed by atoms with Crippen LogP contribution in [0.4, 0.5) is 5.69 Å². The molecule has 8 heteroatoms. The lowest BCUT2D eigenvalue weighted by atomic mass is 10.1. The quantitative estimate of drug-likeness (QED) is 0.807. The van der Waals surface area contributed by atoms with Crippen LogP contribution in [-0.2, 0) is 19.6 Å². The van der Waals surface area contributed by atoms with Gasteiger partial charge in [0, 0.05) is 18.8 Å². The smallest absolute Gasteiger partial charge is 0.243 e. The molecule has 0 spiro atoms. The third kappa shape index (κ3) is 5.53. The molecule has 7 nitrogen and oxygen atoms in total. The van der Waals surface area contributed by atoms with Crippen LogP contribution < -0.4 is 5.32 Å². The summed E-state index contributed by atoms with van der Waals surface area (Å²) in [5.41, 5.74) is 1.41. The Bertz CT molecular complexity index is 768. The number of morpholine rings is 1. The van der Waals surface area contributed by atoms with Gasteiger partial charge in [-0.05, 0) is 50.6 Å². The molecule has 2 fully saturated rings. The monoisotopic (exact) mass is 409 g/mol. The largest absolute Gasteiger partial charge is 0.379 e. The Kier molecular flexibility index (Phi) is 7.45. The van der Waals surface area contributed by atoms with Crippen LogP contribution in [0.1, 0.15) is 37.7 Å². The summed E-state index contributed by atoms with van der Waals surface area (Å²) in [6.07, 6.45) is 5.97. The summed E-state index contributed by atoms with van der Waals surface area (Å²) in [6, 6.07) is 4.93. The third-order valence-corrected chi connectivity index (χ3v) is 7.30. The van der Waals surface area contributed by atoms with E-state index in [1.165, 1.54) is 23.6 Å². The summed E-state index contributed by atoms with van der Waals surface area (Å²) in [4.78, 5) is 15.0. The number of hydrogen-bond acceptors (Lipinski definition) is 5. The number of carbonyl (C=O) groups is 1. The molecule has 0 aromatic heterocycles. The summed E-state index contributed by atoms with van der Waals surface area (Å²) >= 11 is 0. The van der Waals surface area contributed by atoms with E-state index >= 15 is 0 Å². The Balaban J connectivity index is 1.68. The van der Waals surface area contributed by atoms with Crippen LogP contribution in [0.15, 0.2) is 23.1 Å². The molecule has 1 amide bonds. The zero-order chi connectivity index (χ0) is 20.0. The highest BCUT2D eigenvalue weighted by Crippen LogP contribution is 2.24. The van der Waals surface area contributed by atoms with Crippen molar-refractivity contribution in [2.45, 2.75) is 43.9 Å². The van der Waals surface area contributed by atoms with Crippen molar-refractivity contribution in [3.63, 3.8) is 0 Å². The first kappa shape index (κ1) is 21.2. The number of aryl methyl sites for hydroxylation is 1. The number of likely N-dealkylation sites (tertiary alicyclic amines) is 1. The molecule has 3 rings (SSSR count). The van der Waals surface area contributed by atoms with Crippen LogP contribution in [0.2, 0.25) is 0 Å². The molecule has 156 valence electrons. The minimum Gasteiger partial charge on any atom is -0.379 e. The molecule has 2 heterocycles. The van der Waals surface area contributed by atoms with Gasteiger partial charge in [0.15, 0.2) is 0 Å². The van der Waals surface area contributed by atoms with E-state index in [0.717, 1.165) is 31.5 Å². The highest BCUT2D eigenvalue weighted by molar-refractivity contribution is 7.89. The molecule has 0 radical (unpaired) electrons. The number of benzene rings is 1. The van der Waals surface area contributed by atoms with Crippen molar-refractivity contribution >= 4 is 21.6 Å². The topological polar surface area (TPSA) is 79.0 Å². The Hall–Kier alpha value is -1.48. The molecule has 0 saturated carbocycles.